The highest BCUT2D eigenvalue weighted by atomic mass is 16.5. The van der Waals surface area contributed by atoms with E-state index in [9.17, 15) is 9.59 Å². The van der Waals surface area contributed by atoms with Crippen molar-refractivity contribution >= 4 is 11.8 Å². The van der Waals surface area contributed by atoms with Crippen LogP contribution in [-0.2, 0) is 14.3 Å². The second-order valence-corrected chi connectivity index (χ2v) is 10.2. The largest absolute Gasteiger partial charge is 0.462 e. The van der Waals surface area contributed by atoms with Crippen LogP contribution < -0.4 is 0 Å². The molecule has 0 radical (unpaired) electrons. The predicted molar refractivity (Wildman–Crippen MR) is 96.8 cm³/mol. The fourth-order valence-corrected chi connectivity index (χ4v) is 7.82. The second-order valence-electron chi connectivity index (χ2n) is 10.2. The van der Waals surface area contributed by atoms with Crippen molar-refractivity contribution in [2.45, 2.75) is 85.2 Å². The third-order valence-corrected chi connectivity index (χ3v) is 8.87. The monoisotopic (exact) mass is 346 g/mol. The summed E-state index contributed by atoms with van der Waals surface area (Å²) in [5, 5.41) is 0. The molecule has 4 fully saturated rings. The molecule has 0 aromatic carbocycles. The molecule has 8 atom stereocenters. The lowest BCUT2D eigenvalue weighted by Crippen LogP contribution is -2.58. The molecule has 4 aliphatic rings. The van der Waals surface area contributed by atoms with Crippen molar-refractivity contribution in [3.63, 3.8) is 0 Å². The Bertz CT molecular complexity index is 584. The van der Waals surface area contributed by atoms with Gasteiger partial charge in [-0.2, -0.15) is 0 Å². The van der Waals surface area contributed by atoms with E-state index in [2.05, 4.69) is 20.8 Å². The van der Waals surface area contributed by atoms with Gasteiger partial charge in [-0.05, 0) is 67.6 Å². The fourth-order valence-electron chi connectivity index (χ4n) is 7.82. The van der Waals surface area contributed by atoms with E-state index >= 15 is 0 Å². The number of hydrogen-bond donors (Lipinski definition) is 0. The molecule has 0 aromatic rings. The van der Waals surface area contributed by atoms with Gasteiger partial charge in [0.1, 0.15) is 11.9 Å². The van der Waals surface area contributed by atoms with Crippen LogP contribution in [0.15, 0.2) is 0 Å². The van der Waals surface area contributed by atoms with Gasteiger partial charge < -0.3 is 4.74 Å². The standard InChI is InChI=1S/C22H34O3/c1-13-5-6-18-19(25-14(2)23)11-15-16-7-8-20(24)21(16,3)10-9-17(15)22(18,4)12-13/h13,15-19H,5-12H2,1-4H3/t13?,15-,16-,17?,18?,19?,21-,22+/m0/s1. The van der Waals surface area contributed by atoms with Crippen molar-refractivity contribution in [1.82, 2.24) is 0 Å². The van der Waals surface area contributed by atoms with Crippen molar-refractivity contribution in [3.8, 4) is 0 Å². The lowest BCUT2D eigenvalue weighted by molar-refractivity contribution is -0.186. The highest BCUT2D eigenvalue weighted by Gasteiger charge is 2.62. The molecule has 140 valence electrons. The van der Waals surface area contributed by atoms with Crippen LogP contribution in [0.25, 0.3) is 0 Å². The molecular weight excluding hydrogens is 312 g/mol. The number of esters is 1. The van der Waals surface area contributed by atoms with Crippen molar-refractivity contribution in [2.24, 2.45) is 40.4 Å². The first-order valence-corrected chi connectivity index (χ1v) is 10.5. The highest BCUT2D eigenvalue weighted by molar-refractivity contribution is 5.87. The van der Waals surface area contributed by atoms with E-state index in [1.54, 1.807) is 6.92 Å². The number of carbonyl (C=O) groups is 2. The summed E-state index contributed by atoms with van der Waals surface area (Å²) >= 11 is 0. The quantitative estimate of drug-likeness (QED) is 0.642. The van der Waals surface area contributed by atoms with Crippen molar-refractivity contribution in [1.29, 1.82) is 0 Å². The Hall–Kier alpha value is -0.860. The van der Waals surface area contributed by atoms with E-state index < -0.39 is 0 Å². The van der Waals surface area contributed by atoms with Gasteiger partial charge >= 0.3 is 5.97 Å². The van der Waals surface area contributed by atoms with Crippen LogP contribution in [-0.4, -0.2) is 17.9 Å². The summed E-state index contributed by atoms with van der Waals surface area (Å²) in [5.41, 5.74) is 0.166. The van der Waals surface area contributed by atoms with Crippen LogP contribution in [0.5, 0.6) is 0 Å². The number of Topliss-reactive ketones (excluding diaryl/α,β-unsaturated/α-hetero) is 1. The topological polar surface area (TPSA) is 43.4 Å². The summed E-state index contributed by atoms with van der Waals surface area (Å²) < 4.78 is 5.89. The maximum absolute atomic E-state index is 12.6. The molecule has 0 aliphatic heterocycles. The Balaban J connectivity index is 1.70. The third kappa shape index (κ3) is 2.51. The van der Waals surface area contributed by atoms with Crippen LogP contribution in [0.3, 0.4) is 0 Å². The van der Waals surface area contributed by atoms with Gasteiger partial charge in [-0.15, -0.1) is 0 Å². The smallest absolute Gasteiger partial charge is 0.302 e. The molecule has 0 heterocycles. The van der Waals surface area contributed by atoms with Crippen LogP contribution in [0.2, 0.25) is 0 Å². The Morgan fingerprint density at radius 2 is 1.84 bits per heavy atom. The first-order valence-electron chi connectivity index (χ1n) is 10.5. The average molecular weight is 347 g/mol. The minimum absolute atomic E-state index is 0.0642. The molecule has 25 heavy (non-hydrogen) atoms. The zero-order valence-electron chi connectivity index (χ0n) is 16.3. The van der Waals surface area contributed by atoms with E-state index in [1.165, 1.54) is 25.7 Å². The Morgan fingerprint density at radius 1 is 1.08 bits per heavy atom. The van der Waals surface area contributed by atoms with Gasteiger partial charge in [-0.1, -0.05) is 27.2 Å². The van der Waals surface area contributed by atoms with Crippen LogP contribution in [0, 0.1) is 40.4 Å². The van der Waals surface area contributed by atoms with Crippen LogP contribution in [0.4, 0.5) is 0 Å². The molecule has 0 amide bonds. The lowest BCUT2D eigenvalue weighted by atomic mass is 9.44. The maximum Gasteiger partial charge on any atom is 0.302 e. The minimum atomic E-state index is -0.134. The number of carbonyl (C=O) groups excluding carboxylic acids is 2. The lowest BCUT2D eigenvalue weighted by Gasteiger charge is -2.62. The summed E-state index contributed by atoms with van der Waals surface area (Å²) in [6.45, 7) is 8.65. The number of ketones is 1. The average Bonchev–Trinajstić information content (AvgIpc) is 2.82. The minimum Gasteiger partial charge on any atom is -0.462 e. The molecule has 0 spiro atoms. The summed E-state index contributed by atoms with van der Waals surface area (Å²) in [6, 6.07) is 0. The summed E-state index contributed by atoms with van der Waals surface area (Å²) in [6.07, 6.45) is 8.85. The van der Waals surface area contributed by atoms with Crippen molar-refractivity contribution in [2.75, 3.05) is 0 Å². The van der Waals surface area contributed by atoms with E-state index in [1.807, 2.05) is 0 Å². The summed E-state index contributed by atoms with van der Waals surface area (Å²) in [4.78, 5) is 24.4. The predicted octanol–water partition coefficient (Wildman–Crippen LogP) is 4.78. The van der Waals surface area contributed by atoms with Crippen LogP contribution >= 0.6 is 0 Å². The SMILES string of the molecule is CC(=O)OC1C[C@@H]2C(CC[C@]3(C)C(=O)CC[C@@H]23)[C@@]2(C)CC(C)CCC12. The van der Waals surface area contributed by atoms with E-state index in [-0.39, 0.29) is 22.9 Å². The van der Waals surface area contributed by atoms with Crippen molar-refractivity contribution < 1.29 is 14.3 Å². The molecule has 4 unspecified atom stereocenters. The number of rotatable bonds is 1. The molecule has 3 heteroatoms. The Morgan fingerprint density at radius 3 is 2.56 bits per heavy atom. The normalized spacial score (nSPS) is 52.1. The van der Waals surface area contributed by atoms with Gasteiger partial charge in [0.15, 0.2) is 0 Å². The second kappa shape index (κ2) is 5.82. The van der Waals surface area contributed by atoms with Gasteiger partial charge in [0.2, 0.25) is 0 Å². The number of hydrogen-bond acceptors (Lipinski definition) is 3. The molecular formula is C22H34O3. The molecule has 4 aliphatic carbocycles. The van der Waals surface area contributed by atoms with Gasteiger partial charge in [0.05, 0.1) is 0 Å². The molecule has 0 N–H and O–H groups in total. The van der Waals surface area contributed by atoms with E-state index in [0.29, 0.717) is 29.5 Å². The van der Waals surface area contributed by atoms with Gasteiger partial charge in [0.25, 0.3) is 0 Å². The zero-order valence-corrected chi connectivity index (χ0v) is 16.3. The summed E-state index contributed by atoms with van der Waals surface area (Å²) in [7, 11) is 0. The summed E-state index contributed by atoms with van der Waals surface area (Å²) in [5.74, 6) is 3.39. The Kier molecular flexibility index (Phi) is 4.09. The molecule has 0 saturated heterocycles. The zero-order chi connectivity index (χ0) is 18.0. The molecule has 0 aromatic heterocycles. The molecule has 3 nitrogen and oxygen atoms in total. The van der Waals surface area contributed by atoms with E-state index in [0.717, 1.165) is 31.6 Å². The van der Waals surface area contributed by atoms with Gasteiger partial charge in [-0.25, -0.2) is 0 Å². The van der Waals surface area contributed by atoms with Gasteiger partial charge in [-0.3, -0.25) is 9.59 Å². The van der Waals surface area contributed by atoms with Crippen LogP contribution in [0.1, 0.15) is 79.1 Å². The highest BCUT2D eigenvalue weighted by Crippen LogP contribution is 2.66. The third-order valence-electron chi connectivity index (χ3n) is 8.87. The maximum atomic E-state index is 12.6. The Labute approximate surface area is 152 Å². The molecule has 4 saturated carbocycles. The molecule has 4 rings (SSSR count). The van der Waals surface area contributed by atoms with Gasteiger partial charge in [0, 0.05) is 24.7 Å². The number of fused-ring (bicyclic) bond motifs is 5. The molecule has 0 bridgehead atoms. The van der Waals surface area contributed by atoms with Crippen molar-refractivity contribution in [3.05, 3.63) is 0 Å². The first-order chi connectivity index (χ1) is 11.8. The van der Waals surface area contributed by atoms with E-state index in [4.69, 9.17) is 4.74 Å². The first kappa shape index (κ1) is 17.5. The number of ether oxygens (including phenoxy) is 1. The fraction of sp³-hybridized carbons (Fsp3) is 0.909.